The summed E-state index contributed by atoms with van der Waals surface area (Å²) in [6.07, 6.45) is 2.80. The molecule has 1 saturated heterocycles. The zero-order chi connectivity index (χ0) is 20.4. The first-order valence-electron chi connectivity index (χ1n) is 9.66. The molecule has 1 aliphatic rings. The van der Waals surface area contributed by atoms with Crippen molar-refractivity contribution in [3.8, 4) is 0 Å². The fraction of sp³-hybridized carbons (Fsp3) is 0.273. The third-order valence-electron chi connectivity index (χ3n) is 5.34. The van der Waals surface area contributed by atoms with Crippen molar-refractivity contribution in [1.82, 2.24) is 14.6 Å². The van der Waals surface area contributed by atoms with Crippen LogP contribution in [0.1, 0.15) is 28.8 Å². The minimum Gasteiger partial charge on any atom is -0.349 e. The standard InChI is InChI=1S/C22H23N3O3S/c1-16-6-8-18(9-7-16)29(27,28)25-14-11-17(12-15-25)24-22(26)20-10-13-23-21-5-3-2-4-19(20)21/h2-10,13,17H,11-12,14-15H2,1H3,(H,24,26). The van der Waals surface area contributed by atoms with Crippen LogP contribution in [-0.4, -0.2) is 42.7 Å². The molecule has 1 aromatic heterocycles. The molecule has 7 heteroatoms. The third kappa shape index (κ3) is 4.02. The van der Waals surface area contributed by atoms with Gasteiger partial charge in [0.05, 0.1) is 16.0 Å². The van der Waals surface area contributed by atoms with E-state index in [4.69, 9.17) is 0 Å². The van der Waals surface area contributed by atoms with Gasteiger partial charge < -0.3 is 5.32 Å². The molecule has 0 unspecified atom stereocenters. The third-order valence-corrected chi connectivity index (χ3v) is 7.25. The first kappa shape index (κ1) is 19.5. The summed E-state index contributed by atoms with van der Waals surface area (Å²) in [6.45, 7) is 2.70. The second kappa shape index (κ2) is 7.93. The molecule has 4 rings (SSSR count). The first-order valence-corrected chi connectivity index (χ1v) is 11.1. The molecular formula is C22H23N3O3S. The van der Waals surface area contributed by atoms with Crippen LogP contribution in [0.4, 0.5) is 0 Å². The average Bonchev–Trinajstić information content (AvgIpc) is 2.74. The normalized spacial score (nSPS) is 16.0. The Morgan fingerprint density at radius 3 is 2.45 bits per heavy atom. The van der Waals surface area contributed by atoms with Crippen LogP contribution >= 0.6 is 0 Å². The molecule has 0 saturated carbocycles. The SMILES string of the molecule is Cc1ccc(S(=O)(=O)N2CCC(NC(=O)c3ccnc4ccccc34)CC2)cc1. The molecule has 1 fully saturated rings. The topological polar surface area (TPSA) is 79.4 Å². The lowest BCUT2D eigenvalue weighted by molar-refractivity contribution is 0.0925. The molecule has 0 spiro atoms. The summed E-state index contributed by atoms with van der Waals surface area (Å²) < 4.78 is 27.2. The number of aromatic nitrogens is 1. The van der Waals surface area contributed by atoms with Gasteiger partial charge in [-0.25, -0.2) is 8.42 Å². The van der Waals surface area contributed by atoms with Gasteiger partial charge in [-0.05, 0) is 44.0 Å². The van der Waals surface area contributed by atoms with Gasteiger partial charge in [-0.2, -0.15) is 4.31 Å². The van der Waals surface area contributed by atoms with Crippen molar-refractivity contribution in [3.05, 3.63) is 71.9 Å². The largest absolute Gasteiger partial charge is 0.349 e. The minimum absolute atomic E-state index is 0.0566. The number of pyridine rings is 1. The van der Waals surface area contributed by atoms with Crippen LogP contribution in [0.2, 0.25) is 0 Å². The van der Waals surface area contributed by atoms with E-state index in [-0.39, 0.29) is 11.9 Å². The van der Waals surface area contributed by atoms with E-state index in [9.17, 15) is 13.2 Å². The summed E-state index contributed by atoms with van der Waals surface area (Å²) in [5, 5.41) is 3.87. The maximum Gasteiger partial charge on any atom is 0.252 e. The second-order valence-electron chi connectivity index (χ2n) is 7.34. The average molecular weight is 410 g/mol. The van der Waals surface area contributed by atoms with E-state index in [1.165, 1.54) is 4.31 Å². The van der Waals surface area contributed by atoms with Crippen molar-refractivity contribution in [3.63, 3.8) is 0 Å². The fourth-order valence-electron chi connectivity index (χ4n) is 3.66. The van der Waals surface area contributed by atoms with Crippen LogP contribution in [-0.2, 0) is 10.0 Å². The number of rotatable bonds is 4. The molecule has 0 atom stereocenters. The molecular weight excluding hydrogens is 386 g/mol. The lowest BCUT2D eigenvalue weighted by Gasteiger charge is -2.31. The van der Waals surface area contributed by atoms with Gasteiger partial charge in [0.25, 0.3) is 5.91 Å². The van der Waals surface area contributed by atoms with Crippen LogP contribution in [0.5, 0.6) is 0 Å². The Bertz CT molecular complexity index is 1130. The van der Waals surface area contributed by atoms with Crippen molar-refractivity contribution in [2.75, 3.05) is 13.1 Å². The van der Waals surface area contributed by atoms with E-state index in [2.05, 4.69) is 10.3 Å². The Morgan fingerprint density at radius 2 is 1.72 bits per heavy atom. The highest BCUT2D eigenvalue weighted by molar-refractivity contribution is 7.89. The monoisotopic (exact) mass is 409 g/mol. The van der Waals surface area contributed by atoms with E-state index in [0.717, 1.165) is 16.5 Å². The predicted molar refractivity (Wildman–Crippen MR) is 112 cm³/mol. The maximum absolute atomic E-state index is 12.8. The van der Waals surface area contributed by atoms with Gasteiger partial charge in [0.2, 0.25) is 10.0 Å². The summed E-state index contributed by atoms with van der Waals surface area (Å²) in [6, 6.07) is 16.1. The summed E-state index contributed by atoms with van der Waals surface area (Å²) in [7, 11) is -3.50. The van der Waals surface area contributed by atoms with Crippen LogP contribution in [0, 0.1) is 6.92 Å². The van der Waals surface area contributed by atoms with Gasteiger partial charge >= 0.3 is 0 Å². The van der Waals surface area contributed by atoms with Crippen molar-refractivity contribution in [2.24, 2.45) is 0 Å². The van der Waals surface area contributed by atoms with E-state index < -0.39 is 10.0 Å². The molecule has 2 aromatic carbocycles. The van der Waals surface area contributed by atoms with E-state index >= 15 is 0 Å². The van der Waals surface area contributed by atoms with E-state index in [1.807, 2.05) is 31.2 Å². The molecule has 29 heavy (non-hydrogen) atoms. The number of hydrogen-bond acceptors (Lipinski definition) is 4. The van der Waals surface area contributed by atoms with Gasteiger partial charge in [0.1, 0.15) is 0 Å². The Hall–Kier alpha value is -2.77. The van der Waals surface area contributed by atoms with Crippen LogP contribution in [0.15, 0.2) is 65.7 Å². The number of benzene rings is 2. The number of para-hydroxylation sites is 1. The highest BCUT2D eigenvalue weighted by Crippen LogP contribution is 2.22. The number of nitrogens with zero attached hydrogens (tertiary/aromatic N) is 2. The zero-order valence-electron chi connectivity index (χ0n) is 16.2. The first-order chi connectivity index (χ1) is 13.9. The molecule has 1 N–H and O–H groups in total. The number of hydrogen-bond donors (Lipinski definition) is 1. The molecule has 0 bridgehead atoms. The molecule has 3 aromatic rings. The molecule has 2 heterocycles. The molecule has 1 amide bonds. The minimum atomic E-state index is -3.50. The van der Waals surface area contributed by atoms with Crippen LogP contribution in [0.25, 0.3) is 10.9 Å². The van der Waals surface area contributed by atoms with Gasteiger partial charge in [-0.1, -0.05) is 35.9 Å². The fourth-order valence-corrected chi connectivity index (χ4v) is 5.13. The summed E-state index contributed by atoms with van der Waals surface area (Å²) in [4.78, 5) is 17.4. The number of aryl methyl sites for hydroxylation is 1. The van der Waals surface area contributed by atoms with Crippen LogP contribution in [0.3, 0.4) is 0 Å². The van der Waals surface area contributed by atoms with Crippen molar-refractivity contribution in [2.45, 2.75) is 30.7 Å². The molecule has 1 aliphatic heterocycles. The summed E-state index contributed by atoms with van der Waals surface area (Å²) in [5.74, 6) is -0.150. The zero-order valence-corrected chi connectivity index (χ0v) is 17.0. The number of sulfonamides is 1. The Kier molecular flexibility index (Phi) is 5.34. The number of fused-ring (bicyclic) bond motifs is 1. The maximum atomic E-state index is 12.8. The highest BCUT2D eigenvalue weighted by Gasteiger charge is 2.30. The number of amides is 1. The van der Waals surface area contributed by atoms with Gasteiger partial charge in [0, 0.05) is 30.7 Å². The highest BCUT2D eigenvalue weighted by atomic mass is 32.2. The van der Waals surface area contributed by atoms with Crippen LogP contribution < -0.4 is 5.32 Å². The Labute approximate surface area is 170 Å². The summed E-state index contributed by atoms with van der Waals surface area (Å²) in [5.41, 5.74) is 2.39. The Balaban J connectivity index is 1.42. The number of carbonyl (C=O) groups is 1. The lowest BCUT2D eigenvalue weighted by atomic mass is 10.0. The number of carbonyl (C=O) groups excluding carboxylic acids is 1. The Morgan fingerprint density at radius 1 is 1.03 bits per heavy atom. The van der Waals surface area contributed by atoms with E-state index in [1.54, 1.807) is 36.5 Å². The lowest BCUT2D eigenvalue weighted by Crippen LogP contribution is -2.46. The number of nitrogens with one attached hydrogen (secondary N) is 1. The molecule has 6 nitrogen and oxygen atoms in total. The molecule has 0 radical (unpaired) electrons. The van der Waals surface area contributed by atoms with Gasteiger partial charge in [-0.3, -0.25) is 9.78 Å². The second-order valence-corrected chi connectivity index (χ2v) is 9.28. The summed E-state index contributed by atoms with van der Waals surface area (Å²) >= 11 is 0. The number of piperidine rings is 1. The van der Waals surface area contributed by atoms with Crippen molar-refractivity contribution >= 4 is 26.8 Å². The van der Waals surface area contributed by atoms with E-state index in [0.29, 0.717) is 36.4 Å². The molecule has 150 valence electrons. The van der Waals surface area contributed by atoms with Crippen molar-refractivity contribution < 1.29 is 13.2 Å². The van der Waals surface area contributed by atoms with Crippen molar-refractivity contribution in [1.29, 1.82) is 0 Å². The predicted octanol–water partition coefficient (Wildman–Crippen LogP) is 3.13. The smallest absolute Gasteiger partial charge is 0.252 e. The molecule has 0 aliphatic carbocycles. The quantitative estimate of drug-likeness (QED) is 0.718. The van der Waals surface area contributed by atoms with Gasteiger partial charge in [0.15, 0.2) is 0 Å². The van der Waals surface area contributed by atoms with Gasteiger partial charge in [-0.15, -0.1) is 0 Å².